The molecular formula is C14H18Cl2N2. The van der Waals surface area contributed by atoms with Crippen molar-refractivity contribution in [3.63, 3.8) is 0 Å². The molecule has 2 aliphatic rings. The second-order valence-corrected chi connectivity index (χ2v) is 6.19. The fourth-order valence-electron chi connectivity index (χ4n) is 3.11. The Morgan fingerprint density at radius 1 is 1.17 bits per heavy atom. The molecule has 1 aliphatic heterocycles. The predicted octanol–water partition coefficient (Wildman–Crippen LogP) is 3.48. The SMILES string of the molecule is NCC1CCN(C2CC2)C1c1ccc(Cl)c(Cl)c1. The highest BCUT2D eigenvalue weighted by atomic mass is 35.5. The van der Waals surface area contributed by atoms with Gasteiger partial charge in [0.15, 0.2) is 0 Å². The van der Waals surface area contributed by atoms with Gasteiger partial charge in [0.2, 0.25) is 0 Å². The van der Waals surface area contributed by atoms with Crippen LogP contribution in [0.5, 0.6) is 0 Å². The third-order valence-electron chi connectivity index (χ3n) is 4.17. The quantitative estimate of drug-likeness (QED) is 0.921. The Morgan fingerprint density at radius 3 is 2.56 bits per heavy atom. The van der Waals surface area contributed by atoms with Gasteiger partial charge in [-0.25, -0.2) is 0 Å². The van der Waals surface area contributed by atoms with Crippen LogP contribution in [-0.2, 0) is 0 Å². The molecule has 2 fully saturated rings. The summed E-state index contributed by atoms with van der Waals surface area (Å²) in [4.78, 5) is 2.61. The standard InChI is InChI=1S/C14H18Cl2N2/c15-12-4-1-9(7-13(12)16)14-10(8-17)5-6-18(14)11-2-3-11/h1,4,7,10-11,14H,2-3,5-6,8,17H2. The van der Waals surface area contributed by atoms with Crippen molar-refractivity contribution in [2.24, 2.45) is 11.7 Å². The van der Waals surface area contributed by atoms with E-state index in [9.17, 15) is 0 Å². The van der Waals surface area contributed by atoms with E-state index in [0.29, 0.717) is 22.0 Å². The first kappa shape index (κ1) is 12.7. The summed E-state index contributed by atoms with van der Waals surface area (Å²) >= 11 is 12.1. The molecular weight excluding hydrogens is 267 g/mol. The monoisotopic (exact) mass is 284 g/mol. The zero-order valence-corrected chi connectivity index (χ0v) is 11.8. The first-order valence-corrected chi connectivity index (χ1v) is 7.37. The van der Waals surface area contributed by atoms with E-state index in [1.54, 1.807) is 0 Å². The maximum Gasteiger partial charge on any atom is 0.0595 e. The summed E-state index contributed by atoms with van der Waals surface area (Å²) in [5.41, 5.74) is 7.19. The number of likely N-dealkylation sites (tertiary alicyclic amines) is 1. The van der Waals surface area contributed by atoms with Gasteiger partial charge in [-0.1, -0.05) is 29.3 Å². The highest BCUT2D eigenvalue weighted by molar-refractivity contribution is 6.42. The van der Waals surface area contributed by atoms with E-state index in [0.717, 1.165) is 19.1 Å². The van der Waals surface area contributed by atoms with Crippen molar-refractivity contribution in [1.82, 2.24) is 4.90 Å². The first-order valence-electron chi connectivity index (χ1n) is 6.61. The van der Waals surface area contributed by atoms with Crippen LogP contribution in [-0.4, -0.2) is 24.0 Å². The molecule has 1 heterocycles. The van der Waals surface area contributed by atoms with E-state index in [1.807, 2.05) is 12.1 Å². The second-order valence-electron chi connectivity index (χ2n) is 5.37. The van der Waals surface area contributed by atoms with Gasteiger partial charge in [-0.15, -0.1) is 0 Å². The smallest absolute Gasteiger partial charge is 0.0595 e. The van der Waals surface area contributed by atoms with Crippen molar-refractivity contribution in [3.8, 4) is 0 Å². The summed E-state index contributed by atoms with van der Waals surface area (Å²) in [6.07, 6.45) is 3.85. The molecule has 3 rings (SSSR count). The molecule has 1 saturated heterocycles. The summed E-state index contributed by atoms with van der Waals surface area (Å²) in [7, 11) is 0. The van der Waals surface area contributed by atoms with Crippen molar-refractivity contribution < 1.29 is 0 Å². The molecule has 18 heavy (non-hydrogen) atoms. The molecule has 2 unspecified atom stereocenters. The molecule has 98 valence electrons. The number of nitrogens with two attached hydrogens (primary N) is 1. The van der Waals surface area contributed by atoms with Gasteiger partial charge in [0.1, 0.15) is 0 Å². The molecule has 2 nitrogen and oxygen atoms in total. The van der Waals surface area contributed by atoms with Crippen molar-refractivity contribution in [2.75, 3.05) is 13.1 Å². The van der Waals surface area contributed by atoms with Crippen molar-refractivity contribution >= 4 is 23.2 Å². The number of halogens is 2. The Bertz CT molecular complexity index is 445. The molecule has 1 aliphatic carbocycles. The topological polar surface area (TPSA) is 29.3 Å². The molecule has 2 atom stereocenters. The maximum atomic E-state index is 6.14. The van der Waals surface area contributed by atoms with Crippen molar-refractivity contribution in [3.05, 3.63) is 33.8 Å². The van der Waals surface area contributed by atoms with E-state index >= 15 is 0 Å². The zero-order valence-electron chi connectivity index (χ0n) is 10.3. The molecule has 2 N–H and O–H groups in total. The third kappa shape index (κ3) is 2.27. The van der Waals surface area contributed by atoms with E-state index in [2.05, 4.69) is 11.0 Å². The molecule has 0 aromatic heterocycles. The molecule has 0 radical (unpaired) electrons. The molecule has 1 aromatic carbocycles. The normalized spacial score (nSPS) is 28.8. The minimum atomic E-state index is 0.428. The summed E-state index contributed by atoms with van der Waals surface area (Å²) in [5.74, 6) is 0.544. The highest BCUT2D eigenvalue weighted by Gasteiger charge is 2.42. The molecule has 4 heteroatoms. The summed E-state index contributed by atoms with van der Waals surface area (Å²) < 4.78 is 0. The molecule has 0 spiro atoms. The lowest BCUT2D eigenvalue weighted by Crippen LogP contribution is -2.29. The predicted molar refractivity (Wildman–Crippen MR) is 76.1 cm³/mol. The Balaban J connectivity index is 1.92. The summed E-state index contributed by atoms with van der Waals surface area (Å²) in [5, 5.41) is 1.27. The van der Waals surface area contributed by atoms with E-state index < -0.39 is 0 Å². The van der Waals surface area contributed by atoms with Crippen molar-refractivity contribution in [2.45, 2.75) is 31.3 Å². The Hall–Kier alpha value is -0.280. The first-order chi connectivity index (χ1) is 8.70. The van der Waals surface area contributed by atoms with Crippen LogP contribution in [0.2, 0.25) is 10.0 Å². The second kappa shape index (κ2) is 5.01. The van der Waals surface area contributed by atoms with Gasteiger partial charge in [0.25, 0.3) is 0 Å². The summed E-state index contributed by atoms with van der Waals surface area (Å²) in [6.45, 7) is 1.91. The van der Waals surface area contributed by atoms with Crippen LogP contribution < -0.4 is 5.73 Å². The number of hydrogen-bond donors (Lipinski definition) is 1. The lowest BCUT2D eigenvalue weighted by atomic mass is 9.94. The number of nitrogens with zero attached hydrogens (tertiary/aromatic N) is 1. The van der Waals surface area contributed by atoms with Crippen LogP contribution in [0, 0.1) is 5.92 Å². The largest absolute Gasteiger partial charge is 0.330 e. The average Bonchev–Trinajstić information content (AvgIpc) is 3.12. The zero-order chi connectivity index (χ0) is 12.7. The Morgan fingerprint density at radius 2 is 1.94 bits per heavy atom. The lowest BCUT2D eigenvalue weighted by Gasteiger charge is -2.28. The minimum Gasteiger partial charge on any atom is -0.330 e. The van der Waals surface area contributed by atoms with Crippen LogP contribution in [0.15, 0.2) is 18.2 Å². The van der Waals surface area contributed by atoms with Gasteiger partial charge in [-0.2, -0.15) is 0 Å². The van der Waals surface area contributed by atoms with E-state index in [1.165, 1.54) is 24.8 Å². The van der Waals surface area contributed by atoms with Crippen LogP contribution >= 0.6 is 23.2 Å². The van der Waals surface area contributed by atoms with Gasteiger partial charge >= 0.3 is 0 Å². The van der Waals surface area contributed by atoms with E-state index in [-0.39, 0.29) is 0 Å². The molecule has 1 saturated carbocycles. The van der Waals surface area contributed by atoms with Gasteiger partial charge in [-0.05, 0) is 56.0 Å². The fourth-order valence-corrected chi connectivity index (χ4v) is 3.41. The van der Waals surface area contributed by atoms with Crippen LogP contribution in [0.3, 0.4) is 0 Å². The lowest BCUT2D eigenvalue weighted by molar-refractivity contribution is 0.220. The van der Waals surface area contributed by atoms with Crippen LogP contribution in [0.25, 0.3) is 0 Å². The van der Waals surface area contributed by atoms with Gasteiger partial charge < -0.3 is 5.73 Å². The molecule has 0 amide bonds. The van der Waals surface area contributed by atoms with Gasteiger partial charge in [0, 0.05) is 12.1 Å². The fraction of sp³-hybridized carbons (Fsp3) is 0.571. The number of hydrogen-bond acceptors (Lipinski definition) is 2. The summed E-state index contributed by atoms with van der Waals surface area (Å²) in [6, 6.07) is 7.20. The average molecular weight is 285 g/mol. The van der Waals surface area contributed by atoms with Gasteiger partial charge in [0.05, 0.1) is 10.0 Å². The molecule has 0 bridgehead atoms. The van der Waals surface area contributed by atoms with Crippen LogP contribution in [0.4, 0.5) is 0 Å². The maximum absolute atomic E-state index is 6.14. The Labute approximate surface area is 118 Å². The number of rotatable bonds is 3. The molecule has 1 aromatic rings. The Kier molecular flexibility index (Phi) is 3.55. The number of benzene rings is 1. The van der Waals surface area contributed by atoms with Gasteiger partial charge in [-0.3, -0.25) is 4.90 Å². The van der Waals surface area contributed by atoms with Crippen molar-refractivity contribution in [1.29, 1.82) is 0 Å². The highest BCUT2D eigenvalue weighted by Crippen LogP contribution is 2.44. The van der Waals surface area contributed by atoms with E-state index in [4.69, 9.17) is 28.9 Å². The van der Waals surface area contributed by atoms with Crippen LogP contribution in [0.1, 0.15) is 30.9 Å². The third-order valence-corrected chi connectivity index (χ3v) is 4.90. The minimum absolute atomic E-state index is 0.428.